The molecule has 1 heterocycles. The van der Waals surface area contributed by atoms with E-state index in [2.05, 4.69) is 0 Å². The average Bonchev–Trinajstić information content (AvgIpc) is 3.46. The molecule has 1 saturated heterocycles. The van der Waals surface area contributed by atoms with E-state index in [1.165, 1.54) is 34.3 Å². The highest BCUT2D eigenvalue weighted by Crippen LogP contribution is 2.80. The van der Waals surface area contributed by atoms with E-state index in [4.69, 9.17) is 37.9 Å². The van der Waals surface area contributed by atoms with Crippen LogP contribution in [0.1, 0.15) is 36.5 Å². The van der Waals surface area contributed by atoms with E-state index < -0.39 is 94.2 Å². The smallest absolute Gasteiger partial charge is 0.338 e. The number of rotatable bonds is 11. The van der Waals surface area contributed by atoms with Gasteiger partial charge in [0, 0.05) is 89.4 Å². The fourth-order valence-electron chi connectivity index (χ4n) is 12.3. The quantitative estimate of drug-likeness (QED) is 0.248. The number of hydrogen-bond acceptors (Lipinski definition) is 13. The van der Waals surface area contributed by atoms with E-state index in [-0.39, 0.29) is 38.0 Å². The number of amides is 1. The van der Waals surface area contributed by atoms with Gasteiger partial charge in [-0.3, -0.25) is 9.59 Å². The molecule has 1 spiro atoms. The van der Waals surface area contributed by atoms with Gasteiger partial charge in [0.05, 0.1) is 50.8 Å². The molecule has 5 saturated carbocycles. The minimum atomic E-state index is -1.71. The van der Waals surface area contributed by atoms with Crippen molar-refractivity contribution >= 4 is 18.3 Å². The molecule has 14 atom stereocenters. The van der Waals surface area contributed by atoms with Crippen LogP contribution in [-0.2, 0) is 38.0 Å². The number of hydrogen-bond donors (Lipinski definition) is 2. The summed E-state index contributed by atoms with van der Waals surface area (Å²) in [6.07, 6.45) is -3.10. The second-order valence-electron chi connectivity index (χ2n) is 14.8. The summed E-state index contributed by atoms with van der Waals surface area (Å²) in [5.74, 6) is -2.94. The predicted molar refractivity (Wildman–Crippen MR) is 168 cm³/mol. The molecule has 0 unspecified atom stereocenters. The summed E-state index contributed by atoms with van der Waals surface area (Å²) in [6.45, 7) is 1.64. The standard InChI is InChI=1S/C35H47NO13/c1-17(38)49-34-13-24(46-6)33(41)12-19(25(34)30(33)48-31(40)18-8-9-20(43-3)21(10-18)44-4)35-23(45-5)11-22(39)32(15-42-2)14-36(16-37)29(35)26(34)27(47-7)28(32)35/h8-10,16,19,22-30,39,41H,11-15H2,1-7H3/t19-,22+,23-,24+,25-,26-,27-,28+,29+,30+,32-,33+,34-,35-/m0/s1. The first-order valence-corrected chi connectivity index (χ1v) is 16.7. The van der Waals surface area contributed by atoms with Crippen LogP contribution in [0.5, 0.6) is 11.5 Å². The third-order valence-electron chi connectivity index (χ3n) is 13.4. The summed E-state index contributed by atoms with van der Waals surface area (Å²) >= 11 is 0. The van der Waals surface area contributed by atoms with Gasteiger partial charge in [-0.1, -0.05) is 0 Å². The first-order chi connectivity index (χ1) is 23.4. The molecule has 14 heteroatoms. The molecule has 0 aromatic heterocycles. The Morgan fingerprint density at radius 3 is 2.29 bits per heavy atom. The molecular weight excluding hydrogens is 642 g/mol. The Labute approximate surface area is 285 Å². The first kappa shape index (κ1) is 34.4. The first-order valence-electron chi connectivity index (χ1n) is 16.7. The van der Waals surface area contributed by atoms with E-state index in [1.54, 1.807) is 38.4 Å². The molecule has 49 heavy (non-hydrogen) atoms. The summed E-state index contributed by atoms with van der Waals surface area (Å²) < 4.78 is 48.2. The van der Waals surface area contributed by atoms with Gasteiger partial charge in [-0.2, -0.15) is 0 Å². The maximum atomic E-state index is 14.1. The van der Waals surface area contributed by atoms with Crippen molar-refractivity contribution in [3.05, 3.63) is 23.8 Å². The molecule has 1 aromatic carbocycles. The number of methoxy groups -OCH3 is 6. The van der Waals surface area contributed by atoms with Crippen LogP contribution in [0.3, 0.4) is 0 Å². The monoisotopic (exact) mass is 689 g/mol. The molecule has 0 radical (unpaired) electrons. The van der Waals surface area contributed by atoms with Crippen molar-refractivity contribution < 1.29 is 62.5 Å². The third kappa shape index (κ3) is 4.12. The maximum Gasteiger partial charge on any atom is 0.338 e. The highest BCUT2D eigenvalue weighted by atomic mass is 16.6. The number of benzene rings is 1. The van der Waals surface area contributed by atoms with Crippen molar-refractivity contribution in [1.82, 2.24) is 4.90 Å². The van der Waals surface area contributed by atoms with Crippen LogP contribution in [0, 0.1) is 34.5 Å². The van der Waals surface area contributed by atoms with Crippen LogP contribution in [0.4, 0.5) is 0 Å². The molecule has 1 aliphatic heterocycles. The summed E-state index contributed by atoms with van der Waals surface area (Å²) in [5.41, 5.74) is -4.85. The Morgan fingerprint density at radius 2 is 1.69 bits per heavy atom. The van der Waals surface area contributed by atoms with Crippen molar-refractivity contribution in [3.63, 3.8) is 0 Å². The minimum Gasteiger partial charge on any atom is -0.493 e. The van der Waals surface area contributed by atoms with Crippen LogP contribution in [-0.4, -0.2) is 137 Å². The Morgan fingerprint density at radius 1 is 0.980 bits per heavy atom. The fourth-order valence-corrected chi connectivity index (χ4v) is 12.3. The molecule has 5 aliphatic carbocycles. The number of carbonyl (C=O) groups excluding carboxylic acids is 3. The maximum absolute atomic E-state index is 14.1. The second-order valence-corrected chi connectivity index (χ2v) is 14.8. The van der Waals surface area contributed by atoms with Crippen molar-refractivity contribution in [2.45, 2.75) is 73.9 Å². The number of carbonyl (C=O) groups is 3. The van der Waals surface area contributed by atoms with Crippen LogP contribution in [0.2, 0.25) is 0 Å². The van der Waals surface area contributed by atoms with Gasteiger partial charge < -0.3 is 53.0 Å². The number of nitrogens with zero attached hydrogens (tertiary/aromatic N) is 1. The Balaban J connectivity index is 1.47. The molecule has 270 valence electrons. The zero-order valence-corrected chi connectivity index (χ0v) is 29.0. The van der Waals surface area contributed by atoms with E-state index in [1.807, 2.05) is 0 Å². The van der Waals surface area contributed by atoms with Gasteiger partial charge in [0.15, 0.2) is 11.5 Å². The number of esters is 2. The van der Waals surface area contributed by atoms with Crippen LogP contribution < -0.4 is 9.47 Å². The summed E-state index contributed by atoms with van der Waals surface area (Å²) in [5, 5.41) is 24.8. The summed E-state index contributed by atoms with van der Waals surface area (Å²) in [7, 11) is 9.16. The van der Waals surface area contributed by atoms with Crippen molar-refractivity contribution in [1.29, 1.82) is 0 Å². The van der Waals surface area contributed by atoms with Gasteiger partial charge in [-0.05, 0) is 30.5 Å². The third-order valence-corrected chi connectivity index (χ3v) is 13.4. The van der Waals surface area contributed by atoms with Gasteiger partial charge in [-0.15, -0.1) is 0 Å². The summed E-state index contributed by atoms with van der Waals surface area (Å²) in [6, 6.07) is 4.08. The largest absolute Gasteiger partial charge is 0.493 e. The van der Waals surface area contributed by atoms with Gasteiger partial charge in [0.25, 0.3) is 0 Å². The second kappa shape index (κ2) is 11.8. The highest BCUT2D eigenvalue weighted by Gasteiger charge is 2.90. The van der Waals surface area contributed by atoms with Crippen molar-refractivity contribution in [2.75, 3.05) is 55.8 Å². The van der Waals surface area contributed by atoms with Gasteiger partial charge in [0.1, 0.15) is 17.3 Å². The minimum absolute atomic E-state index is 0.0686. The number of ether oxygens (including phenoxy) is 8. The number of likely N-dealkylation sites (tertiary alicyclic amines) is 1. The molecule has 7 bridgehead atoms. The molecule has 1 amide bonds. The van der Waals surface area contributed by atoms with Crippen LogP contribution in [0.25, 0.3) is 0 Å². The Hall–Kier alpha value is -3.01. The number of fused-ring (bicyclic) bond motifs is 2. The molecule has 7 rings (SSSR count). The lowest BCUT2D eigenvalue weighted by Crippen LogP contribution is -2.79. The molecule has 6 fully saturated rings. The highest BCUT2D eigenvalue weighted by molar-refractivity contribution is 5.90. The molecule has 14 nitrogen and oxygen atoms in total. The molecule has 2 N–H and O–H groups in total. The molecule has 1 aromatic rings. The van der Waals surface area contributed by atoms with Gasteiger partial charge in [-0.25, -0.2) is 4.79 Å². The lowest BCUT2D eigenvalue weighted by molar-refractivity contribution is -0.295. The predicted octanol–water partition coefficient (Wildman–Crippen LogP) is 0.831. The topological polar surface area (TPSA) is 169 Å². The lowest BCUT2D eigenvalue weighted by Gasteiger charge is -2.69. The normalized spacial score (nSPS) is 45.4. The van der Waals surface area contributed by atoms with E-state index in [0.29, 0.717) is 11.5 Å². The van der Waals surface area contributed by atoms with E-state index >= 15 is 0 Å². The van der Waals surface area contributed by atoms with Crippen molar-refractivity contribution in [2.24, 2.45) is 34.5 Å². The fraction of sp³-hybridized carbons (Fsp3) is 0.743. The van der Waals surface area contributed by atoms with Crippen LogP contribution >= 0.6 is 0 Å². The van der Waals surface area contributed by atoms with Gasteiger partial charge in [0.2, 0.25) is 6.41 Å². The molecular formula is C35H47NO13. The van der Waals surface area contributed by atoms with Crippen molar-refractivity contribution in [3.8, 4) is 11.5 Å². The summed E-state index contributed by atoms with van der Waals surface area (Å²) in [4.78, 5) is 42.2. The number of aliphatic hydroxyl groups is 2. The lowest BCUT2D eigenvalue weighted by atomic mass is 9.42. The number of piperidine rings is 1. The Bertz CT molecular complexity index is 1510. The number of aliphatic hydroxyl groups excluding tert-OH is 1. The Kier molecular flexibility index (Phi) is 8.28. The van der Waals surface area contributed by atoms with Gasteiger partial charge >= 0.3 is 11.9 Å². The SMILES string of the molecule is COC[C@]12CN(C=O)[C@@H]3[C@@H]4[C@H](OC)[C@H]1[C@@]3([C@@H](OC)C[C@H]2O)[C@H]1C[C@]2(O)[C@H](OC(=O)c3ccc(OC)c(OC)c3)[C@H]1[C@@]4(OC(C)=O)C[C@H]2OC. The molecule has 6 aliphatic rings. The zero-order chi connectivity index (χ0) is 35.3. The van der Waals surface area contributed by atoms with E-state index in [0.717, 1.165) is 6.41 Å². The van der Waals surface area contributed by atoms with E-state index in [9.17, 15) is 24.6 Å². The average molecular weight is 690 g/mol. The van der Waals surface area contributed by atoms with Crippen LogP contribution in [0.15, 0.2) is 18.2 Å². The zero-order valence-electron chi connectivity index (χ0n) is 29.0.